The topological polar surface area (TPSA) is 58.6 Å². The lowest BCUT2D eigenvalue weighted by Gasteiger charge is -2.30. The van der Waals surface area contributed by atoms with Crippen molar-refractivity contribution >= 4 is 23.4 Å². The van der Waals surface area contributed by atoms with Crippen LogP contribution in [0.1, 0.15) is 38.7 Å². The van der Waals surface area contributed by atoms with E-state index in [1.54, 1.807) is 29.2 Å². The minimum Gasteiger partial charge on any atom is -0.484 e. The summed E-state index contributed by atoms with van der Waals surface area (Å²) in [6.45, 7) is 4.77. The first kappa shape index (κ1) is 22.8. The van der Waals surface area contributed by atoms with Gasteiger partial charge in [0.1, 0.15) is 11.8 Å². The molecule has 0 aromatic heterocycles. The summed E-state index contributed by atoms with van der Waals surface area (Å²) in [5.41, 5.74) is 0.905. The summed E-state index contributed by atoms with van der Waals surface area (Å²) in [7, 11) is 0. The maximum Gasteiger partial charge on any atom is 0.261 e. The van der Waals surface area contributed by atoms with Crippen LogP contribution >= 0.6 is 11.6 Å². The minimum atomic E-state index is -0.561. The number of nitrogens with one attached hydrogen (secondary N) is 1. The van der Waals surface area contributed by atoms with Crippen molar-refractivity contribution < 1.29 is 14.3 Å². The molecule has 29 heavy (non-hydrogen) atoms. The molecule has 0 bridgehead atoms. The van der Waals surface area contributed by atoms with E-state index in [1.165, 1.54) is 0 Å². The fourth-order valence-corrected chi connectivity index (χ4v) is 3.08. The van der Waals surface area contributed by atoms with Crippen LogP contribution in [0.4, 0.5) is 0 Å². The Bertz CT molecular complexity index is 765. The van der Waals surface area contributed by atoms with Crippen LogP contribution < -0.4 is 10.1 Å². The van der Waals surface area contributed by atoms with Crippen LogP contribution in [0.25, 0.3) is 0 Å². The first-order chi connectivity index (χ1) is 14.0. The van der Waals surface area contributed by atoms with Crippen LogP contribution in [0.2, 0.25) is 5.02 Å². The number of carbonyl (C=O) groups is 2. The van der Waals surface area contributed by atoms with E-state index in [4.69, 9.17) is 16.3 Å². The molecule has 0 fully saturated rings. The first-order valence-corrected chi connectivity index (χ1v) is 10.4. The normalized spacial score (nSPS) is 11.6. The number of unbranched alkanes of at least 4 members (excludes halogenated alkanes) is 1. The fourth-order valence-electron chi connectivity index (χ4n) is 2.96. The molecule has 6 heteroatoms. The number of benzene rings is 2. The summed E-state index contributed by atoms with van der Waals surface area (Å²) in [5, 5.41) is 3.57. The zero-order valence-electron chi connectivity index (χ0n) is 17.1. The molecule has 156 valence electrons. The van der Waals surface area contributed by atoms with Crippen molar-refractivity contribution in [1.82, 2.24) is 10.2 Å². The zero-order chi connectivity index (χ0) is 21.1. The van der Waals surface area contributed by atoms with Gasteiger partial charge in [-0.15, -0.1) is 0 Å². The third-order valence-corrected chi connectivity index (χ3v) is 4.84. The average molecular weight is 417 g/mol. The predicted octanol–water partition coefficient (Wildman–Crippen LogP) is 4.44. The average Bonchev–Trinajstić information content (AvgIpc) is 2.74. The molecule has 2 aromatic carbocycles. The number of rotatable bonds is 11. The van der Waals surface area contributed by atoms with Crippen LogP contribution in [0.5, 0.6) is 5.75 Å². The molecule has 0 aliphatic carbocycles. The van der Waals surface area contributed by atoms with Crippen molar-refractivity contribution in [3.05, 3.63) is 65.2 Å². The number of amides is 2. The molecule has 0 radical (unpaired) electrons. The first-order valence-electron chi connectivity index (χ1n) is 10.0. The van der Waals surface area contributed by atoms with Gasteiger partial charge in [0.05, 0.1) is 0 Å². The largest absolute Gasteiger partial charge is 0.484 e. The number of ether oxygens (including phenoxy) is 1. The Morgan fingerprint density at radius 1 is 1.07 bits per heavy atom. The molecular formula is C23H29ClN2O3. The van der Waals surface area contributed by atoms with E-state index in [9.17, 15) is 9.59 Å². The SMILES string of the molecule is CCCCNC(=O)[C@H](CC)N(Cc1ccc(Cl)cc1)C(=O)COc1ccccc1. The lowest BCUT2D eigenvalue weighted by molar-refractivity contribution is -0.143. The van der Waals surface area contributed by atoms with Gasteiger partial charge < -0.3 is 15.0 Å². The fraction of sp³-hybridized carbons (Fsp3) is 0.391. The molecule has 0 heterocycles. The second kappa shape index (κ2) is 12.1. The summed E-state index contributed by atoms with van der Waals surface area (Å²) in [6, 6.07) is 15.9. The van der Waals surface area contributed by atoms with Crippen LogP contribution in [0.3, 0.4) is 0 Å². The van der Waals surface area contributed by atoms with Crippen molar-refractivity contribution in [1.29, 1.82) is 0 Å². The van der Waals surface area contributed by atoms with Gasteiger partial charge in [0, 0.05) is 18.1 Å². The van der Waals surface area contributed by atoms with Crippen LogP contribution in [0.15, 0.2) is 54.6 Å². The molecule has 0 saturated carbocycles. The Morgan fingerprint density at radius 3 is 2.38 bits per heavy atom. The van der Waals surface area contributed by atoms with Gasteiger partial charge in [-0.05, 0) is 42.7 Å². The van der Waals surface area contributed by atoms with E-state index in [0.717, 1.165) is 18.4 Å². The van der Waals surface area contributed by atoms with E-state index in [1.807, 2.05) is 37.3 Å². The number of carbonyl (C=O) groups excluding carboxylic acids is 2. The van der Waals surface area contributed by atoms with Crippen molar-refractivity contribution in [3.8, 4) is 5.75 Å². The smallest absolute Gasteiger partial charge is 0.261 e. The van der Waals surface area contributed by atoms with Gasteiger partial charge in [-0.25, -0.2) is 0 Å². The minimum absolute atomic E-state index is 0.129. The molecule has 1 N–H and O–H groups in total. The van der Waals surface area contributed by atoms with E-state index >= 15 is 0 Å². The highest BCUT2D eigenvalue weighted by molar-refractivity contribution is 6.30. The molecule has 2 aromatic rings. The molecule has 0 saturated heterocycles. The van der Waals surface area contributed by atoms with E-state index in [0.29, 0.717) is 30.3 Å². The summed E-state index contributed by atoms with van der Waals surface area (Å²) < 4.78 is 5.63. The highest BCUT2D eigenvalue weighted by atomic mass is 35.5. The molecule has 5 nitrogen and oxygen atoms in total. The summed E-state index contributed by atoms with van der Waals surface area (Å²) in [6.07, 6.45) is 2.42. The Hall–Kier alpha value is -2.53. The van der Waals surface area contributed by atoms with Crippen LogP contribution in [-0.4, -0.2) is 35.9 Å². The van der Waals surface area contributed by atoms with Gasteiger partial charge >= 0.3 is 0 Å². The second-order valence-corrected chi connectivity index (χ2v) is 7.25. The van der Waals surface area contributed by atoms with Gasteiger partial charge in [0.2, 0.25) is 5.91 Å². The Labute approximate surface area is 178 Å². The highest BCUT2D eigenvalue weighted by Crippen LogP contribution is 2.16. The zero-order valence-corrected chi connectivity index (χ0v) is 17.8. The highest BCUT2D eigenvalue weighted by Gasteiger charge is 2.28. The maximum absolute atomic E-state index is 13.0. The monoisotopic (exact) mass is 416 g/mol. The number of halogens is 1. The van der Waals surface area contributed by atoms with Gasteiger partial charge in [-0.3, -0.25) is 9.59 Å². The molecule has 0 spiro atoms. The second-order valence-electron chi connectivity index (χ2n) is 6.82. The number of para-hydroxylation sites is 1. The predicted molar refractivity (Wildman–Crippen MR) is 116 cm³/mol. The molecular weight excluding hydrogens is 388 g/mol. The Kier molecular flexibility index (Phi) is 9.51. The molecule has 1 atom stereocenters. The van der Waals surface area contributed by atoms with Gasteiger partial charge in [0.15, 0.2) is 6.61 Å². The van der Waals surface area contributed by atoms with Crippen LogP contribution in [0, 0.1) is 0 Å². The summed E-state index contributed by atoms with van der Waals surface area (Å²) in [4.78, 5) is 27.4. The quantitative estimate of drug-likeness (QED) is 0.551. The van der Waals surface area contributed by atoms with E-state index < -0.39 is 6.04 Å². The van der Waals surface area contributed by atoms with Crippen molar-refractivity contribution in [2.75, 3.05) is 13.2 Å². The summed E-state index contributed by atoms with van der Waals surface area (Å²) >= 11 is 5.97. The lowest BCUT2D eigenvalue weighted by Crippen LogP contribution is -2.50. The molecule has 2 rings (SSSR count). The summed E-state index contributed by atoms with van der Waals surface area (Å²) in [5.74, 6) is 0.247. The number of hydrogen-bond donors (Lipinski definition) is 1. The number of hydrogen-bond acceptors (Lipinski definition) is 3. The Morgan fingerprint density at radius 2 is 1.76 bits per heavy atom. The van der Waals surface area contributed by atoms with Gasteiger partial charge in [0.25, 0.3) is 5.91 Å². The Balaban J connectivity index is 2.14. The van der Waals surface area contributed by atoms with Gasteiger partial charge in [-0.1, -0.05) is 62.2 Å². The van der Waals surface area contributed by atoms with Crippen molar-refractivity contribution in [3.63, 3.8) is 0 Å². The third kappa shape index (κ3) is 7.42. The van der Waals surface area contributed by atoms with E-state index in [-0.39, 0.29) is 18.4 Å². The molecule has 0 unspecified atom stereocenters. The maximum atomic E-state index is 13.0. The van der Waals surface area contributed by atoms with Crippen LogP contribution in [-0.2, 0) is 16.1 Å². The standard InChI is InChI=1S/C23H29ClN2O3/c1-3-5-15-25-23(28)21(4-2)26(16-18-11-13-19(24)14-12-18)22(27)17-29-20-9-7-6-8-10-20/h6-14,21H,3-5,15-17H2,1-2H3,(H,25,28)/t21-/m0/s1. The molecule has 2 amide bonds. The molecule has 0 aliphatic rings. The van der Waals surface area contributed by atoms with Crippen molar-refractivity contribution in [2.24, 2.45) is 0 Å². The lowest BCUT2D eigenvalue weighted by atomic mass is 10.1. The number of nitrogens with zero attached hydrogens (tertiary/aromatic N) is 1. The van der Waals surface area contributed by atoms with Crippen molar-refractivity contribution in [2.45, 2.75) is 45.7 Å². The van der Waals surface area contributed by atoms with E-state index in [2.05, 4.69) is 12.2 Å². The third-order valence-electron chi connectivity index (χ3n) is 4.59. The molecule has 0 aliphatic heterocycles. The van der Waals surface area contributed by atoms with Gasteiger partial charge in [-0.2, -0.15) is 0 Å².